The summed E-state index contributed by atoms with van der Waals surface area (Å²) in [6.07, 6.45) is 9.17. The van der Waals surface area contributed by atoms with Crippen LogP contribution in [0.1, 0.15) is 62.0 Å². The monoisotopic (exact) mass is 505 g/mol. The zero-order valence-electron chi connectivity index (χ0n) is 22.3. The fourth-order valence-corrected chi connectivity index (χ4v) is 6.00. The lowest BCUT2D eigenvalue weighted by Gasteiger charge is -2.35. The van der Waals surface area contributed by atoms with Crippen LogP contribution in [0.15, 0.2) is 48.5 Å². The highest BCUT2D eigenvalue weighted by Crippen LogP contribution is 2.44. The van der Waals surface area contributed by atoms with Crippen LogP contribution in [0.3, 0.4) is 0 Å². The van der Waals surface area contributed by atoms with Gasteiger partial charge in [0.25, 0.3) is 0 Å². The molecule has 2 fully saturated rings. The first-order valence-electron chi connectivity index (χ1n) is 14.5. The average molecular weight is 506 g/mol. The second-order valence-electron chi connectivity index (χ2n) is 10.8. The van der Waals surface area contributed by atoms with Crippen LogP contribution in [0.4, 0.5) is 0 Å². The summed E-state index contributed by atoms with van der Waals surface area (Å²) in [5.74, 6) is 0.863. The molecule has 0 N–H and O–H groups in total. The van der Waals surface area contributed by atoms with Crippen molar-refractivity contribution in [3.8, 4) is 11.5 Å². The van der Waals surface area contributed by atoms with Crippen LogP contribution in [0.5, 0.6) is 11.5 Å². The third kappa shape index (κ3) is 7.13. The second-order valence-corrected chi connectivity index (χ2v) is 10.8. The Balaban J connectivity index is 1.00. The summed E-state index contributed by atoms with van der Waals surface area (Å²) >= 11 is 0. The van der Waals surface area contributed by atoms with Crippen LogP contribution < -0.4 is 4.74 Å². The smallest absolute Gasteiger partial charge is 0.318 e. The Labute approximate surface area is 222 Å². The van der Waals surface area contributed by atoms with Gasteiger partial charge in [0, 0.05) is 43.9 Å². The third-order valence-corrected chi connectivity index (χ3v) is 8.14. The lowest BCUT2D eigenvalue weighted by Crippen LogP contribution is -2.47. The number of piperazine rings is 1. The summed E-state index contributed by atoms with van der Waals surface area (Å²) in [6, 6.07) is 15.5. The quantitative estimate of drug-likeness (QED) is 0.348. The molecule has 0 bridgehead atoms. The zero-order chi connectivity index (χ0) is 25.3. The van der Waals surface area contributed by atoms with Crippen LogP contribution in [0.25, 0.3) is 0 Å². The molecule has 2 aromatic rings. The predicted octanol–water partition coefficient (Wildman–Crippen LogP) is 5.13. The summed E-state index contributed by atoms with van der Waals surface area (Å²) < 4.78 is 11.8. The number of carbonyl (C=O) groups excluding carboxylic acids is 1. The summed E-state index contributed by atoms with van der Waals surface area (Å²) in [4.78, 5) is 21.0. The molecule has 0 atom stereocenters. The van der Waals surface area contributed by atoms with Crippen LogP contribution in [0.2, 0.25) is 0 Å². The SMILES string of the molecule is O=C(OCCCN1CCN(CCCN2CCCCCCC2)CC1)C1c2ccccc2Oc2ccccc21. The summed E-state index contributed by atoms with van der Waals surface area (Å²) in [5.41, 5.74) is 1.77. The molecule has 0 aromatic heterocycles. The number of nitrogens with zero attached hydrogens (tertiary/aromatic N) is 3. The molecular formula is C31H43N3O3. The summed E-state index contributed by atoms with van der Waals surface area (Å²) in [5, 5.41) is 0. The number of esters is 1. The number of likely N-dealkylation sites (tertiary alicyclic amines) is 1. The molecule has 0 saturated carbocycles. The molecule has 3 heterocycles. The molecule has 0 aliphatic carbocycles. The highest BCUT2D eigenvalue weighted by molar-refractivity contribution is 5.85. The van der Waals surface area contributed by atoms with Crippen molar-refractivity contribution in [2.45, 2.75) is 50.9 Å². The molecule has 2 saturated heterocycles. The van der Waals surface area contributed by atoms with E-state index in [2.05, 4.69) is 14.7 Å². The lowest BCUT2D eigenvalue weighted by atomic mass is 9.88. The van der Waals surface area contributed by atoms with E-state index < -0.39 is 5.92 Å². The van der Waals surface area contributed by atoms with E-state index in [1.165, 1.54) is 64.7 Å². The van der Waals surface area contributed by atoms with Crippen molar-refractivity contribution in [2.24, 2.45) is 0 Å². The molecule has 3 aliphatic rings. The first-order valence-corrected chi connectivity index (χ1v) is 14.5. The third-order valence-electron chi connectivity index (χ3n) is 8.14. The number of rotatable bonds is 9. The molecule has 6 heteroatoms. The number of para-hydroxylation sites is 2. The normalized spacial score (nSPS) is 19.8. The van der Waals surface area contributed by atoms with Gasteiger partial charge < -0.3 is 24.2 Å². The highest BCUT2D eigenvalue weighted by atomic mass is 16.5. The zero-order valence-corrected chi connectivity index (χ0v) is 22.3. The summed E-state index contributed by atoms with van der Waals surface area (Å²) in [7, 11) is 0. The van der Waals surface area contributed by atoms with Crippen molar-refractivity contribution in [1.29, 1.82) is 0 Å². The fraction of sp³-hybridized carbons (Fsp3) is 0.581. The van der Waals surface area contributed by atoms with Gasteiger partial charge >= 0.3 is 5.97 Å². The van der Waals surface area contributed by atoms with Gasteiger partial charge in [-0.1, -0.05) is 55.7 Å². The van der Waals surface area contributed by atoms with Crippen molar-refractivity contribution in [3.63, 3.8) is 0 Å². The molecular weight excluding hydrogens is 462 g/mol. The van der Waals surface area contributed by atoms with E-state index in [4.69, 9.17) is 9.47 Å². The Bertz CT molecular complexity index is 951. The van der Waals surface area contributed by atoms with Gasteiger partial charge in [0.05, 0.1) is 6.61 Å². The number of hydrogen-bond donors (Lipinski definition) is 0. The largest absolute Gasteiger partial charge is 0.465 e. The molecule has 6 nitrogen and oxygen atoms in total. The number of benzene rings is 2. The van der Waals surface area contributed by atoms with Gasteiger partial charge in [0.1, 0.15) is 17.4 Å². The van der Waals surface area contributed by atoms with E-state index in [0.29, 0.717) is 6.61 Å². The Morgan fingerprint density at radius 2 is 1.16 bits per heavy atom. The molecule has 37 heavy (non-hydrogen) atoms. The Morgan fingerprint density at radius 3 is 1.76 bits per heavy atom. The molecule has 0 spiro atoms. The molecule has 0 amide bonds. The minimum absolute atomic E-state index is 0.187. The lowest BCUT2D eigenvalue weighted by molar-refractivity contribution is -0.144. The number of carbonyl (C=O) groups is 1. The first-order chi connectivity index (χ1) is 18.3. The Hall–Kier alpha value is -2.41. The standard InChI is InChI=1S/C31H43N3O3/c35-31(30-26-12-4-6-14-28(26)37-29-15-7-5-13-27(29)30)36-25-11-20-34-23-21-33(22-24-34)19-10-18-32-16-8-2-1-3-9-17-32/h4-7,12-15,30H,1-3,8-11,16-25H2. The minimum Gasteiger partial charge on any atom is -0.465 e. The van der Waals surface area contributed by atoms with Gasteiger partial charge in [-0.2, -0.15) is 0 Å². The van der Waals surface area contributed by atoms with Crippen LogP contribution in [-0.4, -0.2) is 86.2 Å². The Morgan fingerprint density at radius 1 is 0.676 bits per heavy atom. The van der Waals surface area contributed by atoms with Gasteiger partial charge in [-0.15, -0.1) is 0 Å². The van der Waals surface area contributed by atoms with Crippen molar-refractivity contribution >= 4 is 5.97 Å². The molecule has 200 valence electrons. The van der Waals surface area contributed by atoms with Crippen molar-refractivity contribution in [3.05, 3.63) is 59.7 Å². The average Bonchev–Trinajstić information content (AvgIpc) is 2.91. The van der Waals surface area contributed by atoms with Crippen LogP contribution in [0, 0.1) is 0 Å². The van der Waals surface area contributed by atoms with E-state index in [0.717, 1.165) is 61.8 Å². The summed E-state index contributed by atoms with van der Waals surface area (Å²) in [6.45, 7) is 11.0. The highest BCUT2D eigenvalue weighted by Gasteiger charge is 2.33. The van der Waals surface area contributed by atoms with E-state index in [9.17, 15) is 4.79 Å². The molecule has 3 aliphatic heterocycles. The van der Waals surface area contributed by atoms with Crippen LogP contribution >= 0.6 is 0 Å². The number of ether oxygens (including phenoxy) is 2. The topological polar surface area (TPSA) is 45.2 Å². The maximum atomic E-state index is 13.2. The van der Waals surface area contributed by atoms with Crippen molar-refractivity contribution in [2.75, 3.05) is 65.5 Å². The van der Waals surface area contributed by atoms with Crippen LogP contribution in [-0.2, 0) is 9.53 Å². The van der Waals surface area contributed by atoms with Gasteiger partial charge in [-0.25, -0.2) is 0 Å². The molecule has 5 rings (SSSR count). The van der Waals surface area contributed by atoms with E-state index in [-0.39, 0.29) is 5.97 Å². The number of fused-ring (bicyclic) bond motifs is 2. The molecule has 2 aromatic carbocycles. The van der Waals surface area contributed by atoms with Gasteiger partial charge in [-0.05, 0) is 64.0 Å². The first kappa shape index (κ1) is 26.2. The van der Waals surface area contributed by atoms with Crippen molar-refractivity contribution < 1.29 is 14.3 Å². The van der Waals surface area contributed by atoms with Crippen molar-refractivity contribution in [1.82, 2.24) is 14.7 Å². The van der Waals surface area contributed by atoms with Gasteiger partial charge in [0.2, 0.25) is 0 Å². The number of hydrogen-bond acceptors (Lipinski definition) is 6. The van der Waals surface area contributed by atoms with E-state index in [1.807, 2.05) is 48.5 Å². The maximum absolute atomic E-state index is 13.2. The van der Waals surface area contributed by atoms with Gasteiger partial charge in [-0.3, -0.25) is 4.79 Å². The Kier molecular flexibility index (Phi) is 9.49. The molecule has 0 radical (unpaired) electrons. The molecule has 0 unspecified atom stereocenters. The predicted molar refractivity (Wildman–Crippen MR) is 147 cm³/mol. The van der Waals surface area contributed by atoms with E-state index >= 15 is 0 Å². The maximum Gasteiger partial charge on any atom is 0.318 e. The second kappa shape index (κ2) is 13.4. The minimum atomic E-state index is -0.427. The van der Waals surface area contributed by atoms with Gasteiger partial charge in [0.15, 0.2) is 0 Å². The fourth-order valence-electron chi connectivity index (χ4n) is 6.00. The van der Waals surface area contributed by atoms with E-state index in [1.54, 1.807) is 0 Å².